The number of nitrogens with zero attached hydrogens (tertiary/aromatic N) is 2. The van der Waals surface area contributed by atoms with Gasteiger partial charge in [0, 0.05) is 11.9 Å². The van der Waals surface area contributed by atoms with Crippen LogP contribution in [0.4, 0.5) is 0 Å². The molecule has 0 bridgehead atoms. The van der Waals surface area contributed by atoms with E-state index < -0.39 is 5.97 Å². The van der Waals surface area contributed by atoms with Gasteiger partial charge in [-0.1, -0.05) is 6.08 Å². The summed E-state index contributed by atoms with van der Waals surface area (Å²) in [5, 5.41) is 8.79. The van der Waals surface area contributed by atoms with Crippen molar-refractivity contribution in [2.45, 2.75) is 34.6 Å². The maximum atomic E-state index is 10.7. The van der Waals surface area contributed by atoms with Gasteiger partial charge in [0.15, 0.2) is 0 Å². The first-order valence-corrected chi connectivity index (χ1v) is 5.05. The van der Waals surface area contributed by atoms with E-state index in [0.717, 1.165) is 5.70 Å². The molecule has 88 valence electrons. The molecule has 0 saturated heterocycles. The maximum absolute atomic E-state index is 10.7. The summed E-state index contributed by atoms with van der Waals surface area (Å²) in [6, 6.07) is 0. The SMILES string of the molecule is C\C=N/C(=C\C)C(/C)=N/C(C)=C(\C)C(=O)O. The predicted molar refractivity (Wildman–Crippen MR) is 67.0 cm³/mol. The smallest absolute Gasteiger partial charge is 0.333 e. The summed E-state index contributed by atoms with van der Waals surface area (Å²) in [5.74, 6) is -0.949. The van der Waals surface area contributed by atoms with Gasteiger partial charge < -0.3 is 5.11 Å². The van der Waals surface area contributed by atoms with E-state index in [1.165, 1.54) is 6.92 Å². The van der Waals surface area contributed by atoms with E-state index in [0.29, 0.717) is 11.4 Å². The van der Waals surface area contributed by atoms with Gasteiger partial charge in [-0.15, -0.1) is 0 Å². The average molecular weight is 222 g/mol. The Kier molecular flexibility index (Phi) is 6.00. The molecule has 0 aromatic heterocycles. The van der Waals surface area contributed by atoms with Crippen LogP contribution in [-0.2, 0) is 4.79 Å². The lowest BCUT2D eigenvalue weighted by atomic mass is 10.2. The van der Waals surface area contributed by atoms with Crippen molar-refractivity contribution in [3.05, 3.63) is 23.0 Å². The van der Waals surface area contributed by atoms with Crippen LogP contribution in [-0.4, -0.2) is 23.0 Å². The van der Waals surface area contributed by atoms with Crippen LogP contribution < -0.4 is 0 Å². The number of carbonyl (C=O) groups is 1. The van der Waals surface area contributed by atoms with Crippen molar-refractivity contribution < 1.29 is 9.90 Å². The molecule has 0 aliphatic heterocycles. The van der Waals surface area contributed by atoms with Crippen LogP contribution in [0.15, 0.2) is 33.0 Å². The molecule has 0 atom stereocenters. The summed E-state index contributed by atoms with van der Waals surface area (Å²) >= 11 is 0. The summed E-state index contributed by atoms with van der Waals surface area (Å²) in [7, 11) is 0. The molecule has 0 rings (SSSR count). The van der Waals surface area contributed by atoms with Gasteiger partial charge in [-0.3, -0.25) is 9.98 Å². The Bertz CT molecular complexity index is 388. The zero-order valence-corrected chi connectivity index (χ0v) is 10.4. The lowest BCUT2D eigenvalue weighted by Gasteiger charge is -2.02. The Balaban J connectivity index is 5.20. The minimum Gasteiger partial charge on any atom is -0.478 e. The Morgan fingerprint density at radius 3 is 2.12 bits per heavy atom. The van der Waals surface area contributed by atoms with Crippen LogP contribution in [0.25, 0.3) is 0 Å². The van der Waals surface area contributed by atoms with Crippen molar-refractivity contribution in [3.8, 4) is 0 Å². The largest absolute Gasteiger partial charge is 0.478 e. The van der Waals surface area contributed by atoms with E-state index in [9.17, 15) is 4.79 Å². The molecule has 4 heteroatoms. The Morgan fingerprint density at radius 2 is 1.75 bits per heavy atom. The average Bonchev–Trinajstić information content (AvgIpc) is 2.24. The Labute approximate surface area is 96.1 Å². The summed E-state index contributed by atoms with van der Waals surface area (Å²) in [5.41, 5.74) is 2.20. The number of carboxylic acids is 1. The molecular formula is C12H18N2O2. The second-order valence-electron chi connectivity index (χ2n) is 3.27. The van der Waals surface area contributed by atoms with Crippen molar-refractivity contribution in [1.29, 1.82) is 0 Å². The molecule has 0 spiro atoms. The molecule has 0 amide bonds. The second kappa shape index (κ2) is 6.71. The number of aliphatic imine (C=N–C) groups is 2. The molecule has 0 saturated carbocycles. The lowest BCUT2D eigenvalue weighted by Crippen LogP contribution is -2.01. The van der Waals surface area contributed by atoms with Gasteiger partial charge in [0.25, 0.3) is 0 Å². The fraction of sp³-hybridized carbons (Fsp3) is 0.417. The van der Waals surface area contributed by atoms with Crippen molar-refractivity contribution in [3.63, 3.8) is 0 Å². The highest BCUT2D eigenvalue weighted by molar-refractivity contribution is 6.00. The fourth-order valence-electron chi connectivity index (χ4n) is 1.06. The van der Waals surface area contributed by atoms with Gasteiger partial charge in [-0.25, -0.2) is 4.79 Å². The normalized spacial score (nSPS) is 15.3. The zero-order chi connectivity index (χ0) is 12.7. The minimum absolute atomic E-state index is 0.246. The van der Waals surface area contributed by atoms with Crippen molar-refractivity contribution in [2.75, 3.05) is 0 Å². The molecular weight excluding hydrogens is 204 g/mol. The maximum Gasteiger partial charge on any atom is 0.333 e. The van der Waals surface area contributed by atoms with E-state index in [4.69, 9.17) is 5.11 Å². The lowest BCUT2D eigenvalue weighted by molar-refractivity contribution is -0.132. The highest BCUT2D eigenvalue weighted by atomic mass is 16.4. The van der Waals surface area contributed by atoms with Crippen molar-refractivity contribution in [1.82, 2.24) is 0 Å². The van der Waals surface area contributed by atoms with Crippen molar-refractivity contribution in [2.24, 2.45) is 9.98 Å². The Hall–Kier alpha value is -1.71. The molecule has 0 aliphatic carbocycles. The van der Waals surface area contributed by atoms with Gasteiger partial charge in [0.2, 0.25) is 0 Å². The van der Waals surface area contributed by atoms with Gasteiger partial charge >= 0.3 is 5.97 Å². The highest BCUT2D eigenvalue weighted by Gasteiger charge is 2.05. The van der Waals surface area contributed by atoms with Crippen molar-refractivity contribution >= 4 is 17.9 Å². The third-order valence-electron chi connectivity index (χ3n) is 2.11. The van der Waals surface area contributed by atoms with E-state index >= 15 is 0 Å². The van der Waals surface area contributed by atoms with Gasteiger partial charge in [-0.05, 0) is 34.6 Å². The minimum atomic E-state index is -0.949. The summed E-state index contributed by atoms with van der Waals surface area (Å²) in [6.07, 6.45) is 3.51. The fourth-order valence-corrected chi connectivity index (χ4v) is 1.06. The third-order valence-corrected chi connectivity index (χ3v) is 2.11. The van der Waals surface area contributed by atoms with Gasteiger partial charge in [0.05, 0.1) is 17.0 Å². The zero-order valence-electron chi connectivity index (χ0n) is 10.4. The van der Waals surface area contributed by atoms with Crippen LogP contribution in [0.5, 0.6) is 0 Å². The number of rotatable bonds is 4. The van der Waals surface area contributed by atoms with E-state index in [2.05, 4.69) is 9.98 Å². The first-order valence-electron chi connectivity index (χ1n) is 5.05. The molecule has 0 aromatic rings. The Morgan fingerprint density at radius 1 is 1.19 bits per heavy atom. The number of hydrogen-bond donors (Lipinski definition) is 1. The van der Waals surface area contributed by atoms with Crippen LogP contribution in [0.2, 0.25) is 0 Å². The molecule has 4 nitrogen and oxygen atoms in total. The third kappa shape index (κ3) is 4.21. The molecule has 16 heavy (non-hydrogen) atoms. The first kappa shape index (κ1) is 14.3. The number of aliphatic carboxylic acids is 1. The topological polar surface area (TPSA) is 62.0 Å². The van der Waals surface area contributed by atoms with Gasteiger partial charge in [-0.2, -0.15) is 0 Å². The number of carboxylic acid groups (broad SMARTS) is 1. The van der Waals surface area contributed by atoms with Crippen LogP contribution in [0, 0.1) is 0 Å². The number of hydrogen-bond acceptors (Lipinski definition) is 3. The van der Waals surface area contributed by atoms with Crippen LogP contribution >= 0.6 is 0 Å². The molecule has 0 heterocycles. The molecule has 1 N–H and O–H groups in total. The molecule has 0 fully saturated rings. The predicted octanol–water partition coefficient (Wildman–Crippen LogP) is 2.82. The monoisotopic (exact) mass is 222 g/mol. The van der Waals surface area contributed by atoms with Gasteiger partial charge in [0.1, 0.15) is 0 Å². The second-order valence-corrected chi connectivity index (χ2v) is 3.27. The first-order chi connectivity index (χ1) is 7.43. The van der Waals surface area contributed by atoms with Crippen LogP contribution in [0.3, 0.4) is 0 Å². The quantitative estimate of drug-likeness (QED) is 0.587. The molecule has 0 unspecified atom stereocenters. The van der Waals surface area contributed by atoms with E-state index in [1.54, 1.807) is 20.1 Å². The van der Waals surface area contributed by atoms with Crippen LogP contribution in [0.1, 0.15) is 34.6 Å². The molecule has 0 aliphatic rings. The summed E-state index contributed by atoms with van der Waals surface area (Å²) in [6.45, 7) is 8.70. The highest BCUT2D eigenvalue weighted by Crippen LogP contribution is 2.09. The van der Waals surface area contributed by atoms with E-state index in [1.807, 2.05) is 19.9 Å². The molecule has 0 radical (unpaired) electrons. The standard InChI is InChI=1S/C12H18N2O2/c1-6-11(13-7-2)10(5)14-9(4)8(3)12(15)16/h6-7H,1-5H3,(H,15,16)/b9-8+,11-6-,13-7-,14-10+. The number of allylic oxidation sites excluding steroid dienone is 3. The van der Waals surface area contributed by atoms with E-state index in [-0.39, 0.29) is 5.57 Å². The molecule has 0 aromatic carbocycles. The summed E-state index contributed by atoms with van der Waals surface area (Å²) in [4.78, 5) is 19.1. The summed E-state index contributed by atoms with van der Waals surface area (Å²) < 4.78 is 0.